The van der Waals surface area contributed by atoms with Gasteiger partial charge in [0.2, 0.25) is 0 Å². The van der Waals surface area contributed by atoms with Gasteiger partial charge in [0, 0.05) is 0 Å². The van der Waals surface area contributed by atoms with Crippen molar-refractivity contribution in [2.24, 2.45) is 5.92 Å². The van der Waals surface area contributed by atoms with E-state index in [1.54, 1.807) is 0 Å². The van der Waals surface area contributed by atoms with Crippen LogP contribution in [0.4, 0.5) is 0 Å². The maximum Gasteiger partial charge on any atom is 0.135 e. The first-order valence-electron chi connectivity index (χ1n) is 2.48. The summed E-state index contributed by atoms with van der Waals surface area (Å²) in [6, 6.07) is 0. The lowest BCUT2D eigenvalue weighted by molar-refractivity contribution is 0.616. The molecule has 0 N–H and O–H groups in total. The van der Waals surface area contributed by atoms with Crippen molar-refractivity contribution in [3.8, 4) is 0 Å². The summed E-state index contributed by atoms with van der Waals surface area (Å²) in [5.41, 5.74) is 0. The van der Waals surface area contributed by atoms with Gasteiger partial charge in [-0.15, -0.1) is 0 Å². The van der Waals surface area contributed by atoms with Crippen LogP contribution in [0, 0.1) is 5.92 Å². The summed E-state index contributed by atoms with van der Waals surface area (Å²) in [4.78, 5) is 0. The molecule has 0 aliphatic rings. The molecule has 0 spiro atoms. The number of hydrogen-bond donors (Lipinski definition) is 0. The summed E-state index contributed by atoms with van der Waals surface area (Å²) in [6.45, 7) is 4.36. The molecule has 0 unspecified atom stereocenters. The van der Waals surface area contributed by atoms with Crippen LogP contribution in [0.3, 0.4) is 0 Å². The molecule has 0 heterocycles. The summed E-state index contributed by atoms with van der Waals surface area (Å²) < 4.78 is -0.0405. The zero-order valence-electron chi connectivity index (χ0n) is 4.92. The van der Waals surface area contributed by atoms with E-state index in [0.717, 1.165) is 6.42 Å². The van der Waals surface area contributed by atoms with Gasteiger partial charge in [-0.2, -0.15) is 0 Å². The molecule has 0 nitrogen and oxygen atoms in total. The van der Waals surface area contributed by atoms with Crippen LogP contribution in [0.1, 0.15) is 20.3 Å². The molecule has 0 aliphatic carbocycles. The lowest BCUT2D eigenvalue weighted by atomic mass is 10.2. The number of rotatable bonds is 1. The first kappa shape index (κ1) is 9.44. The van der Waals surface area contributed by atoms with E-state index in [4.69, 9.17) is 0 Å². The predicted octanol–water partition coefficient (Wildman–Crippen LogP) is 3.87. The third kappa shape index (κ3) is 7.44. The van der Waals surface area contributed by atoms with Crippen LogP contribution < -0.4 is 0 Å². The van der Waals surface area contributed by atoms with Crippen molar-refractivity contribution >= 4 is 47.8 Å². The molecule has 0 aromatic heterocycles. The topological polar surface area (TPSA) is 0 Å². The van der Waals surface area contributed by atoms with Crippen molar-refractivity contribution in [1.82, 2.24) is 0 Å². The average molecular weight is 309 g/mol. The van der Waals surface area contributed by atoms with Crippen molar-refractivity contribution in [1.29, 1.82) is 0 Å². The second kappa shape index (κ2) is 3.57. The molecule has 0 bridgehead atoms. The average Bonchev–Trinajstić information content (AvgIpc) is 1.21. The molecule has 0 aromatic carbocycles. The summed E-state index contributed by atoms with van der Waals surface area (Å²) in [6.07, 6.45) is 1.08. The zero-order valence-corrected chi connectivity index (χ0v) is 9.68. The summed E-state index contributed by atoms with van der Waals surface area (Å²) in [7, 11) is 0. The van der Waals surface area contributed by atoms with Gasteiger partial charge in [0.25, 0.3) is 0 Å². The fourth-order valence-corrected chi connectivity index (χ4v) is 2.41. The van der Waals surface area contributed by atoms with E-state index in [-0.39, 0.29) is 2.14 Å². The maximum absolute atomic E-state index is 3.41. The predicted molar refractivity (Wildman–Crippen MR) is 49.0 cm³/mol. The highest BCUT2D eigenvalue weighted by atomic mass is 80.0. The fourth-order valence-electron chi connectivity index (χ4n) is 0.463. The highest BCUT2D eigenvalue weighted by Crippen LogP contribution is 2.39. The van der Waals surface area contributed by atoms with E-state index in [2.05, 4.69) is 61.6 Å². The van der Waals surface area contributed by atoms with Crippen molar-refractivity contribution in [3.63, 3.8) is 0 Å². The van der Waals surface area contributed by atoms with Gasteiger partial charge in [0.15, 0.2) is 0 Å². The maximum atomic E-state index is 3.41. The highest BCUT2D eigenvalue weighted by molar-refractivity contribution is 9.39. The van der Waals surface area contributed by atoms with E-state index in [0.29, 0.717) is 5.92 Å². The Bertz CT molecular complexity index is 62.6. The third-order valence-corrected chi connectivity index (χ3v) is 1.61. The molecule has 50 valence electrons. The van der Waals surface area contributed by atoms with Crippen LogP contribution in [0.15, 0.2) is 0 Å². The van der Waals surface area contributed by atoms with Crippen LogP contribution in [-0.2, 0) is 0 Å². The van der Waals surface area contributed by atoms with Crippen molar-refractivity contribution in [3.05, 3.63) is 0 Å². The Balaban J connectivity index is 3.39. The first-order valence-corrected chi connectivity index (χ1v) is 4.86. The number of hydrogen-bond acceptors (Lipinski definition) is 0. The molecular weight excluding hydrogens is 300 g/mol. The summed E-state index contributed by atoms with van der Waals surface area (Å²) >= 11 is 10.2. The standard InChI is InChI=1S/C5H9Br3/c1-4(2)3-5(6,7)8/h4H,3H2,1-2H3. The van der Waals surface area contributed by atoms with E-state index in [1.165, 1.54) is 0 Å². The van der Waals surface area contributed by atoms with Gasteiger partial charge in [-0.1, -0.05) is 61.6 Å². The summed E-state index contributed by atoms with van der Waals surface area (Å²) in [5, 5.41) is 0. The minimum atomic E-state index is -0.0405. The summed E-state index contributed by atoms with van der Waals surface area (Å²) in [5.74, 6) is 0.702. The second-order valence-electron chi connectivity index (χ2n) is 2.21. The lowest BCUT2D eigenvalue weighted by Crippen LogP contribution is -2.03. The molecule has 0 saturated carbocycles. The first-order chi connectivity index (χ1) is 3.42. The molecule has 0 atom stereocenters. The molecule has 0 fully saturated rings. The lowest BCUT2D eigenvalue weighted by Gasteiger charge is -2.13. The monoisotopic (exact) mass is 306 g/mol. The van der Waals surface area contributed by atoms with Gasteiger partial charge in [0.05, 0.1) is 0 Å². The van der Waals surface area contributed by atoms with E-state index in [9.17, 15) is 0 Å². The van der Waals surface area contributed by atoms with Gasteiger partial charge in [-0.25, -0.2) is 0 Å². The Kier molecular flexibility index (Phi) is 4.21. The van der Waals surface area contributed by atoms with Crippen LogP contribution in [0.25, 0.3) is 0 Å². The van der Waals surface area contributed by atoms with E-state index >= 15 is 0 Å². The van der Waals surface area contributed by atoms with Gasteiger partial charge in [-0.3, -0.25) is 0 Å². The molecule has 0 rings (SSSR count). The molecule has 0 saturated heterocycles. The Morgan fingerprint density at radius 2 is 1.62 bits per heavy atom. The molecule has 3 heteroatoms. The molecule has 8 heavy (non-hydrogen) atoms. The third-order valence-electron chi connectivity index (χ3n) is 0.640. The SMILES string of the molecule is CC(C)CC(Br)(Br)Br. The molecule has 0 amide bonds. The number of alkyl halides is 3. The molecule has 0 aliphatic heterocycles. The van der Waals surface area contributed by atoms with Gasteiger partial charge in [0.1, 0.15) is 2.14 Å². The van der Waals surface area contributed by atoms with E-state index in [1.807, 2.05) is 0 Å². The van der Waals surface area contributed by atoms with Crippen molar-refractivity contribution < 1.29 is 0 Å². The fraction of sp³-hybridized carbons (Fsp3) is 1.00. The molecule has 0 aromatic rings. The van der Waals surface area contributed by atoms with Crippen LogP contribution in [-0.4, -0.2) is 2.14 Å². The van der Waals surface area contributed by atoms with E-state index < -0.39 is 0 Å². The Hall–Kier alpha value is 1.44. The zero-order chi connectivity index (χ0) is 6.78. The van der Waals surface area contributed by atoms with Gasteiger partial charge < -0.3 is 0 Å². The Morgan fingerprint density at radius 1 is 1.25 bits per heavy atom. The van der Waals surface area contributed by atoms with Crippen LogP contribution in [0.2, 0.25) is 0 Å². The Labute approximate surface area is 75.8 Å². The smallest absolute Gasteiger partial charge is 0.0627 e. The van der Waals surface area contributed by atoms with Crippen LogP contribution in [0.5, 0.6) is 0 Å². The van der Waals surface area contributed by atoms with Gasteiger partial charge >= 0.3 is 0 Å². The number of halogens is 3. The Morgan fingerprint density at radius 3 is 1.62 bits per heavy atom. The molecular formula is C5H9Br3. The highest BCUT2D eigenvalue weighted by Gasteiger charge is 2.18. The largest absolute Gasteiger partial charge is 0.135 e. The van der Waals surface area contributed by atoms with Crippen LogP contribution >= 0.6 is 47.8 Å². The molecule has 0 radical (unpaired) electrons. The normalized spacial score (nSPS) is 12.8. The van der Waals surface area contributed by atoms with Crippen molar-refractivity contribution in [2.45, 2.75) is 22.4 Å². The minimum Gasteiger partial charge on any atom is -0.0627 e. The quantitative estimate of drug-likeness (QED) is 0.645. The van der Waals surface area contributed by atoms with Gasteiger partial charge in [-0.05, 0) is 12.3 Å². The minimum absolute atomic E-state index is 0.0405. The van der Waals surface area contributed by atoms with Crippen molar-refractivity contribution in [2.75, 3.05) is 0 Å². The second-order valence-corrected chi connectivity index (χ2v) is 9.47.